The van der Waals surface area contributed by atoms with E-state index in [4.69, 9.17) is 71.8 Å². The van der Waals surface area contributed by atoms with E-state index in [0.29, 0.717) is 0 Å². The van der Waals surface area contributed by atoms with Crippen molar-refractivity contribution >= 4 is 39.0 Å². The fraction of sp³-hybridized carbons (Fsp3) is 0. The molecule has 0 bridgehead atoms. The van der Waals surface area contributed by atoms with E-state index in [0.717, 1.165) is 0 Å². The average Bonchev–Trinajstić information content (AvgIpc) is 1.62. The molecule has 0 saturated carbocycles. The Morgan fingerprint density at radius 1 is 0.667 bits per heavy atom. The van der Waals surface area contributed by atoms with Crippen molar-refractivity contribution in [2.75, 3.05) is 0 Å². The van der Waals surface area contributed by atoms with Crippen LogP contribution < -0.4 is 29.6 Å². The van der Waals surface area contributed by atoms with Gasteiger partial charge in [-0.2, -0.15) is 16.8 Å². The van der Waals surface area contributed by atoms with Crippen molar-refractivity contribution in [2.24, 2.45) is 0 Å². The third-order valence-electron chi connectivity index (χ3n) is 0. The number of rotatable bonds is 0. The second-order valence-electron chi connectivity index (χ2n) is 1.84. The van der Waals surface area contributed by atoms with E-state index >= 15 is 0 Å². The maximum atomic E-state index is 8.88. The van der Waals surface area contributed by atoms with E-state index in [1.165, 1.54) is 0 Å². The van der Waals surface area contributed by atoms with Crippen molar-refractivity contribution in [1.29, 1.82) is 0 Å². The molecule has 0 fully saturated rings. The molecule has 21 heavy (non-hydrogen) atoms. The van der Waals surface area contributed by atoms with Crippen LogP contribution in [0.25, 0.3) is 0 Å². The Bertz CT molecular complexity index is 466. The number of hydrogen-bond acceptors (Lipinski definition) is 8. The van der Waals surface area contributed by atoms with Crippen molar-refractivity contribution in [3.05, 3.63) is 0 Å². The zero-order chi connectivity index (χ0) is 18.0. The second kappa shape index (κ2) is 13.2. The first kappa shape index (κ1) is 33.4. The molecule has 0 rings (SSSR count). The fourth-order valence-electron chi connectivity index (χ4n) is 0. The Morgan fingerprint density at radius 3 is 0.667 bits per heavy atom. The second-order valence-corrected chi connectivity index (χ2v) is 5.51. The van der Waals surface area contributed by atoms with Gasteiger partial charge in [0.15, 0.2) is 0 Å². The van der Waals surface area contributed by atoms with Gasteiger partial charge in [-0.15, -0.1) is 0 Å². The minimum atomic E-state index is -4.92. The van der Waals surface area contributed by atoms with Crippen LogP contribution in [0.4, 0.5) is 0 Å². The third kappa shape index (κ3) is 14000. The Hall–Kier alpha value is 0.720. The van der Waals surface area contributed by atoms with Crippen LogP contribution in [0.2, 0.25) is 0 Å². The van der Waals surface area contributed by atoms with Gasteiger partial charge in [0.2, 0.25) is 10.4 Å². The smallest absolute Gasteiger partial charge is 0.726 e. The molecule has 0 saturated heterocycles. The summed E-state index contributed by atoms with van der Waals surface area (Å²) in [5, 5.41) is 0. The van der Waals surface area contributed by atoms with E-state index in [-0.39, 0.29) is 29.6 Å². The normalized spacial score (nSPS) is 11.1. The molecule has 16 nitrogen and oxygen atoms in total. The largest absolute Gasteiger partial charge is 1.00 e. The van der Waals surface area contributed by atoms with Crippen molar-refractivity contribution < 1.29 is 101 Å². The van der Waals surface area contributed by atoms with Crippen molar-refractivity contribution in [3.8, 4) is 0 Å². The van der Waals surface area contributed by atoms with Gasteiger partial charge in [0.25, 0.3) is 0 Å². The van der Waals surface area contributed by atoms with Gasteiger partial charge in [0.1, 0.15) is 0 Å². The molecule has 0 aromatic carbocycles. The first-order valence-corrected chi connectivity index (χ1v) is 8.59. The summed E-state index contributed by atoms with van der Waals surface area (Å²) in [5.41, 5.74) is 0. The van der Waals surface area contributed by atoms with Gasteiger partial charge in [-0.05, 0) is 0 Å². The molecule has 0 unspecified atom stereocenters. The summed E-state index contributed by atoms with van der Waals surface area (Å²) >= 11 is 0. The van der Waals surface area contributed by atoms with E-state index in [9.17, 15) is 0 Å². The van der Waals surface area contributed by atoms with Gasteiger partial charge < -0.3 is 19.2 Å². The van der Waals surface area contributed by atoms with Crippen molar-refractivity contribution in [2.45, 2.75) is 0 Å². The molecular formula is H8NaO16PS3. The van der Waals surface area contributed by atoms with Crippen LogP contribution in [-0.2, 0) is 35.8 Å². The minimum Gasteiger partial charge on any atom is -0.726 e. The first-order chi connectivity index (χ1) is 8.00. The van der Waals surface area contributed by atoms with E-state index < -0.39 is 39.0 Å². The summed E-state index contributed by atoms with van der Waals surface area (Å²) in [7, 11) is -18.9. The summed E-state index contributed by atoms with van der Waals surface area (Å²) in [4.78, 5) is 21.6. The molecule has 0 aromatic heterocycles. The molecule has 8 N–H and O–H groups in total. The van der Waals surface area contributed by atoms with Crippen LogP contribution in [0, 0.1) is 0 Å². The van der Waals surface area contributed by atoms with Crippen LogP contribution in [0.15, 0.2) is 0 Å². The summed E-state index contributed by atoms with van der Waals surface area (Å²) in [5.74, 6) is 0. The Morgan fingerprint density at radius 2 is 0.667 bits per heavy atom. The Kier molecular flexibility index (Phi) is 20.9. The van der Waals surface area contributed by atoms with Gasteiger partial charge in [-0.1, -0.05) is 0 Å². The summed E-state index contributed by atoms with van der Waals surface area (Å²) < 4.78 is 105. The minimum absolute atomic E-state index is 0. The number of hydrogen-bond donors (Lipinski definition) is 8. The zero-order valence-corrected chi connectivity index (χ0v) is 14.9. The van der Waals surface area contributed by atoms with Crippen molar-refractivity contribution in [1.82, 2.24) is 0 Å². The fourth-order valence-corrected chi connectivity index (χ4v) is 0. The quantitative estimate of drug-likeness (QED) is 0.0790. The third-order valence-corrected chi connectivity index (χ3v) is 0. The summed E-state index contributed by atoms with van der Waals surface area (Å²) in [6.45, 7) is 0. The first-order valence-electron chi connectivity index (χ1n) is 2.86. The molecule has 0 aliphatic heterocycles. The SMILES string of the molecule is O=P(O)(O)O.O=S(=O)(O)O.O=S(=O)(O)O.O=S(=O)([O-])O.[Na+]. The maximum Gasteiger partial charge on any atom is 1.00 e. The van der Waals surface area contributed by atoms with Gasteiger partial charge in [-0.25, -0.2) is 13.0 Å². The van der Waals surface area contributed by atoms with Crippen LogP contribution in [0.1, 0.15) is 0 Å². The topological polar surface area (TPSA) is 304 Å². The molecule has 0 radical (unpaired) electrons. The standard InChI is InChI=1S/Na.H3O4P.3H2O4S/c;4*1-5(2,3)4/h;(H3,1,2,3,4);3*(H2,1,2,3,4)/q+1;;;;/p-1. The molecule has 128 valence electrons. The van der Waals surface area contributed by atoms with E-state index in [1.807, 2.05) is 0 Å². The monoisotopic (exact) mass is 414 g/mol. The van der Waals surface area contributed by atoms with Crippen LogP contribution in [-0.4, -0.2) is 67.3 Å². The van der Waals surface area contributed by atoms with Crippen LogP contribution >= 0.6 is 7.82 Å². The summed E-state index contributed by atoms with van der Waals surface area (Å²) in [6.07, 6.45) is 0. The molecule has 0 heterocycles. The van der Waals surface area contributed by atoms with E-state index in [2.05, 4.69) is 0 Å². The average molecular weight is 414 g/mol. The van der Waals surface area contributed by atoms with E-state index in [1.54, 1.807) is 0 Å². The molecule has 21 heteroatoms. The maximum absolute atomic E-state index is 8.88. The molecule has 0 aromatic rings. The molecule has 0 spiro atoms. The van der Waals surface area contributed by atoms with Gasteiger partial charge in [0.05, 0.1) is 0 Å². The van der Waals surface area contributed by atoms with Gasteiger partial charge >= 0.3 is 58.2 Å². The van der Waals surface area contributed by atoms with Crippen molar-refractivity contribution in [3.63, 3.8) is 0 Å². The van der Waals surface area contributed by atoms with Crippen LogP contribution in [0.3, 0.4) is 0 Å². The molecule has 0 atom stereocenters. The summed E-state index contributed by atoms with van der Waals surface area (Å²) in [6, 6.07) is 0. The number of phosphoric acid groups is 1. The van der Waals surface area contributed by atoms with Gasteiger partial charge in [-0.3, -0.25) is 22.8 Å². The Labute approximate surface area is 140 Å². The van der Waals surface area contributed by atoms with Gasteiger partial charge in [0, 0.05) is 0 Å². The predicted octanol–water partition coefficient (Wildman–Crippen LogP) is -6.23. The predicted molar refractivity (Wildman–Crippen MR) is 54.9 cm³/mol. The molecule has 0 amide bonds. The van der Waals surface area contributed by atoms with Crippen LogP contribution in [0.5, 0.6) is 0 Å². The molecule has 0 aliphatic rings. The Balaban J connectivity index is -0.0000000533. The molecule has 0 aliphatic carbocycles. The molecular weight excluding hydrogens is 406 g/mol. The zero-order valence-electron chi connectivity index (χ0n) is 9.52.